The van der Waals surface area contributed by atoms with Gasteiger partial charge in [-0.2, -0.15) is 0 Å². The summed E-state index contributed by atoms with van der Waals surface area (Å²) in [6.45, 7) is 4.40. The van der Waals surface area contributed by atoms with Crippen LogP contribution in [0, 0.1) is 11.8 Å². The smallest absolute Gasteiger partial charge is 0.147 e. The molecule has 0 unspecified atom stereocenters. The summed E-state index contributed by atoms with van der Waals surface area (Å²) in [7, 11) is 0. The zero-order valence-corrected chi connectivity index (χ0v) is 9.08. The highest BCUT2D eigenvalue weighted by atomic mass is 15.3. The molecule has 0 radical (unpaired) electrons. The molecule has 0 fully saturated rings. The first kappa shape index (κ1) is 10.2. The van der Waals surface area contributed by atoms with Crippen molar-refractivity contribution in [2.24, 2.45) is 0 Å². The number of aromatic nitrogens is 3. The molecule has 1 aliphatic rings. The Morgan fingerprint density at radius 3 is 3.20 bits per heavy atom. The highest BCUT2D eigenvalue weighted by molar-refractivity contribution is 5.00. The average Bonchev–Trinajstić information content (AvgIpc) is 2.68. The van der Waals surface area contributed by atoms with E-state index in [-0.39, 0.29) is 0 Å². The maximum absolute atomic E-state index is 4.20. The molecule has 0 bridgehead atoms. The summed E-state index contributed by atoms with van der Waals surface area (Å²) in [5.74, 6) is 8.01. The van der Waals surface area contributed by atoms with Crippen LogP contribution in [-0.2, 0) is 19.5 Å². The molecule has 1 N–H and O–H groups in total. The molecule has 2 rings (SSSR count). The van der Waals surface area contributed by atoms with Crippen LogP contribution in [0.4, 0.5) is 0 Å². The summed E-state index contributed by atoms with van der Waals surface area (Å²) in [6.07, 6.45) is 3.56. The third-order valence-corrected chi connectivity index (χ3v) is 2.61. The normalized spacial score (nSPS) is 14.2. The standard InChI is InChI=1S/C11H16N4/c1-2-3-7-12-9-11-14-13-10-6-4-5-8-15(10)11/h12H,4-9H2,1H3. The van der Waals surface area contributed by atoms with E-state index in [1.165, 1.54) is 12.8 Å². The highest BCUT2D eigenvalue weighted by Gasteiger charge is 2.14. The molecule has 0 saturated heterocycles. The lowest BCUT2D eigenvalue weighted by molar-refractivity contribution is 0.501. The summed E-state index contributed by atoms with van der Waals surface area (Å²) >= 11 is 0. The molecule has 0 aliphatic carbocycles. The van der Waals surface area contributed by atoms with Crippen LogP contribution in [0.25, 0.3) is 0 Å². The van der Waals surface area contributed by atoms with E-state index in [2.05, 4.69) is 31.9 Å². The first-order chi connectivity index (χ1) is 7.42. The van der Waals surface area contributed by atoms with Gasteiger partial charge in [0.05, 0.1) is 13.1 Å². The first-order valence-electron chi connectivity index (χ1n) is 5.43. The van der Waals surface area contributed by atoms with Crippen molar-refractivity contribution in [3.63, 3.8) is 0 Å². The Morgan fingerprint density at radius 1 is 1.40 bits per heavy atom. The summed E-state index contributed by atoms with van der Waals surface area (Å²) in [5.41, 5.74) is 0. The van der Waals surface area contributed by atoms with Crippen LogP contribution in [0.15, 0.2) is 0 Å². The van der Waals surface area contributed by atoms with E-state index >= 15 is 0 Å². The number of aryl methyl sites for hydroxylation is 1. The zero-order valence-electron chi connectivity index (χ0n) is 9.08. The fraction of sp³-hybridized carbons (Fsp3) is 0.636. The fourth-order valence-corrected chi connectivity index (χ4v) is 1.82. The van der Waals surface area contributed by atoms with E-state index in [9.17, 15) is 0 Å². The molecule has 80 valence electrons. The predicted molar refractivity (Wildman–Crippen MR) is 58.1 cm³/mol. The van der Waals surface area contributed by atoms with Crippen molar-refractivity contribution in [3.05, 3.63) is 11.6 Å². The van der Waals surface area contributed by atoms with Gasteiger partial charge in [0.25, 0.3) is 0 Å². The van der Waals surface area contributed by atoms with Crippen molar-refractivity contribution in [2.75, 3.05) is 6.54 Å². The Labute approximate surface area is 90.1 Å². The molecule has 0 spiro atoms. The third kappa shape index (κ3) is 2.37. The van der Waals surface area contributed by atoms with E-state index in [0.29, 0.717) is 0 Å². The minimum Gasteiger partial charge on any atom is -0.314 e. The van der Waals surface area contributed by atoms with Crippen LogP contribution in [-0.4, -0.2) is 21.3 Å². The molecule has 0 aromatic carbocycles. The maximum atomic E-state index is 4.20. The second-order valence-corrected chi connectivity index (χ2v) is 3.67. The molecule has 1 aromatic rings. The Kier molecular flexibility index (Phi) is 3.36. The molecule has 0 atom stereocenters. The number of nitrogens with zero attached hydrogens (tertiary/aromatic N) is 3. The van der Waals surface area contributed by atoms with E-state index in [1.807, 2.05) is 6.92 Å². The largest absolute Gasteiger partial charge is 0.314 e. The van der Waals surface area contributed by atoms with Crippen LogP contribution < -0.4 is 5.32 Å². The molecular weight excluding hydrogens is 188 g/mol. The second kappa shape index (κ2) is 4.94. The molecule has 1 aromatic heterocycles. The number of hydrogen-bond acceptors (Lipinski definition) is 3. The van der Waals surface area contributed by atoms with Gasteiger partial charge in [0.2, 0.25) is 0 Å². The average molecular weight is 204 g/mol. The van der Waals surface area contributed by atoms with E-state index < -0.39 is 0 Å². The van der Waals surface area contributed by atoms with Gasteiger partial charge in [0, 0.05) is 13.0 Å². The summed E-state index contributed by atoms with van der Waals surface area (Å²) in [6, 6.07) is 0. The zero-order chi connectivity index (χ0) is 10.5. The van der Waals surface area contributed by atoms with Gasteiger partial charge in [-0.05, 0) is 19.8 Å². The monoisotopic (exact) mass is 204 g/mol. The minimum atomic E-state index is 0.721. The van der Waals surface area contributed by atoms with Crippen LogP contribution in [0.5, 0.6) is 0 Å². The van der Waals surface area contributed by atoms with Gasteiger partial charge in [-0.3, -0.25) is 5.32 Å². The van der Waals surface area contributed by atoms with E-state index in [1.54, 1.807) is 0 Å². The molecule has 2 heterocycles. The Balaban J connectivity index is 1.95. The van der Waals surface area contributed by atoms with E-state index in [0.717, 1.165) is 37.7 Å². The van der Waals surface area contributed by atoms with Gasteiger partial charge in [-0.25, -0.2) is 0 Å². The summed E-state index contributed by atoms with van der Waals surface area (Å²) < 4.78 is 2.23. The van der Waals surface area contributed by atoms with Crippen molar-refractivity contribution in [2.45, 2.75) is 39.3 Å². The van der Waals surface area contributed by atoms with Crippen molar-refractivity contribution in [3.8, 4) is 11.8 Å². The number of fused-ring (bicyclic) bond motifs is 1. The second-order valence-electron chi connectivity index (χ2n) is 3.67. The maximum Gasteiger partial charge on any atom is 0.147 e. The lowest BCUT2D eigenvalue weighted by atomic mass is 10.2. The minimum absolute atomic E-state index is 0.721. The Morgan fingerprint density at radius 2 is 2.33 bits per heavy atom. The molecule has 0 amide bonds. The van der Waals surface area contributed by atoms with Crippen molar-refractivity contribution in [1.29, 1.82) is 0 Å². The molecule has 1 aliphatic heterocycles. The van der Waals surface area contributed by atoms with Crippen LogP contribution >= 0.6 is 0 Å². The van der Waals surface area contributed by atoms with Crippen LogP contribution in [0.3, 0.4) is 0 Å². The number of hydrogen-bond donors (Lipinski definition) is 1. The van der Waals surface area contributed by atoms with Crippen molar-refractivity contribution >= 4 is 0 Å². The summed E-state index contributed by atoms with van der Waals surface area (Å²) in [5, 5.41) is 11.6. The predicted octanol–water partition coefficient (Wildman–Crippen LogP) is 0.727. The van der Waals surface area contributed by atoms with Gasteiger partial charge in [-0.15, -0.1) is 16.1 Å². The number of rotatable bonds is 3. The van der Waals surface area contributed by atoms with Crippen LogP contribution in [0.1, 0.15) is 31.4 Å². The molecular formula is C11H16N4. The van der Waals surface area contributed by atoms with Gasteiger partial charge in [-0.1, -0.05) is 5.92 Å². The van der Waals surface area contributed by atoms with Gasteiger partial charge >= 0.3 is 0 Å². The van der Waals surface area contributed by atoms with Crippen LogP contribution in [0.2, 0.25) is 0 Å². The first-order valence-corrected chi connectivity index (χ1v) is 5.43. The quantitative estimate of drug-likeness (QED) is 0.583. The fourth-order valence-electron chi connectivity index (χ4n) is 1.82. The molecule has 4 heteroatoms. The Hall–Kier alpha value is -1.34. The molecule has 4 nitrogen and oxygen atoms in total. The third-order valence-electron chi connectivity index (χ3n) is 2.61. The topological polar surface area (TPSA) is 42.7 Å². The van der Waals surface area contributed by atoms with Crippen molar-refractivity contribution < 1.29 is 0 Å². The van der Waals surface area contributed by atoms with Gasteiger partial charge in [0.15, 0.2) is 0 Å². The molecule has 15 heavy (non-hydrogen) atoms. The Bertz CT molecular complexity index is 383. The molecule has 0 saturated carbocycles. The summed E-state index contributed by atoms with van der Waals surface area (Å²) in [4.78, 5) is 0. The van der Waals surface area contributed by atoms with E-state index in [4.69, 9.17) is 0 Å². The van der Waals surface area contributed by atoms with Gasteiger partial charge < -0.3 is 4.57 Å². The number of nitrogens with one attached hydrogen (secondary N) is 1. The van der Waals surface area contributed by atoms with Gasteiger partial charge in [0.1, 0.15) is 11.6 Å². The van der Waals surface area contributed by atoms with Crippen molar-refractivity contribution in [1.82, 2.24) is 20.1 Å². The lowest BCUT2D eigenvalue weighted by Gasteiger charge is -2.14. The highest BCUT2D eigenvalue weighted by Crippen LogP contribution is 2.13. The SMILES string of the molecule is CC#CCNCc1nnc2n1CCCC2. The lowest BCUT2D eigenvalue weighted by Crippen LogP contribution is -2.19.